The van der Waals surface area contributed by atoms with Gasteiger partial charge in [-0.25, -0.2) is 4.79 Å². The van der Waals surface area contributed by atoms with E-state index in [9.17, 15) is 14.4 Å². The van der Waals surface area contributed by atoms with Crippen molar-refractivity contribution in [3.63, 3.8) is 0 Å². The molecule has 120 valence electrons. The maximum Gasteiger partial charge on any atom is 0.335 e. The molecule has 1 amide bonds. The molecule has 0 fully saturated rings. The summed E-state index contributed by atoms with van der Waals surface area (Å²) in [5.74, 6) is -1.91. The van der Waals surface area contributed by atoms with E-state index >= 15 is 0 Å². The highest BCUT2D eigenvalue weighted by Crippen LogP contribution is 2.39. The smallest absolute Gasteiger partial charge is 0.335 e. The maximum absolute atomic E-state index is 12.6. The lowest BCUT2D eigenvalue weighted by Crippen LogP contribution is -2.36. The van der Waals surface area contributed by atoms with Crippen molar-refractivity contribution in [2.24, 2.45) is 0 Å². The number of carbonyl (C=O) groups is 3. The van der Waals surface area contributed by atoms with Crippen LogP contribution in [0.15, 0.2) is 66.7 Å². The Bertz CT molecular complexity index is 841. The molecule has 1 atom stereocenters. The van der Waals surface area contributed by atoms with E-state index in [1.165, 1.54) is 12.0 Å². The van der Waals surface area contributed by atoms with Crippen molar-refractivity contribution in [3.8, 4) is 0 Å². The Morgan fingerprint density at radius 1 is 1.04 bits per heavy atom. The van der Waals surface area contributed by atoms with Crippen molar-refractivity contribution in [3.05, 3.63) is 77.9 Å². The molecule has 24 heavy (non-hydrogen) atoms. The van der Waals surface area contributed by atoms with E-state index in [2.05, 4.69) is 6.58 Å². The number of ketones is 1. The summed E-state index contributed by atoms with van der Waals surface area (Å²) in [5, 5.41) is 0. The first kappa shape index (κ1) is 15.7. The number of rotatable bonds is 4. The molecule has 2 aromatic rings. The Balaban J connectivity index is 2.16. The molecule has 1 heterocycles. The number of amides is 1. The van der Waals surface area contributed by atoms with Crippen LogP contribution in [0.4, 0.5) is 5.69 Å². The topological polar surface area (TPSA) is 63.7 Å². The zero-order valence-corrected chi connectivity index (χ0v) is 13.1. The van der Waals surface area contributed by atoms with Crippen LogP contribution in [0.5, 0.6) is 0 Å². The molecule has 0 spiro atoms. The molecule has 0 aliphatic carbocycles. The fraction of sp³-hybridized carbons (Fsp3) is 0.105. The van der Waals surface area contributed by atoms with Crippen molar-refractivity contribution in [1.82, 2.24) is 0 Å². The van der Waals surface area contributed by atoms with Gasteiger partial charge in [0, 0.05) is 0 Å². The van der Waals surface area contributed by atoms with Crippen LogP contribution >= 0.6 is 0 Å². The highest BCUT2D eigenvalue weighted by Gasteiger charge is 2.42. The second kappa shape index (κ2) is 6.12. The molecule has 0 saturated carbocycles. The van der Waals surface area contributed by atoms with Gasteiger partial charge < -0.3 is 4.74 Å². The largest absolute Gasteiger partial charge is 0.466 e. The molecular weight excluding hydrogens is 306 g/mol. The second-order valence-corrected chi connectivity index (χ2v) is 5.35. The van der Waals surface area contributed by atoms with E-state index in [4.69, 9.17) is 4.74 Å². The van der Waals surface area contributed by atoms with Gasteiger partial charge in [0.05, 0.1) is 30.0 Å². The summed E-state index contributed by atoms with van der Waals surface area (Å²) >= 11 is 0. The van der Waals surface area contributed by atoms with Gasteiger partial charge in [-0.05, 0) is 17.7 Å². The summed E-state index contributed by atoms with van der Waals surface area (Å²) in [6, 6.07) is 14.9. The van der Waals surface area contributed by atoms with E-state index in [0.29, 0.717) is 16.8 Å². The number of hydrogen-bond donors (Lipinski definition) is 0. The molecule has 0 radical (unpaired) electrons. The molecule has 0 bridgehead atoms. The molecule has 0 N–H and O–H groups in total. The molecule has 5 nitrogen and oxygen atoms in total. The number of carbonyl (C=O) groups excluding carboxylic acids is 3. The van der Waals surface area contributed by atoms with Crippen LogP contribution in [0, 0.1) is 0 Å². The molecule has 1 aliphatic rings. The summed E-state index contributed by atoms with van der Waals surface area (Å²) < 4.78 is 4.76. The Labute approximate surface area is 139 Å². The lowest BCUT2D eigenvalue weighted by atomic mass is 9.98. The number of methoxy groups -OCH3 is 1. The lowest BCUT2D eigenvalue weighted by molar-refractivity contribution is -0.136. The van der Waals surface area contributed by atoms with Crippen LogP contribution in [0.25, 0.3) is 0 Å². The monoisotopic (exact) mass is 321 g/mol. The van der Waals surface area contributed by atoms with Gasteiger partial charge in [0.2, 0.25) is 0 Å². The van der Waals surface area contributed by atoms with E-state index in [1.807, 2.05) is 6.07 Å². The van der Waals surface area contributed by atoms with Gasteiger partial charge in [-0.3, -0.25) is 14.5 Å². The van der Waals surface area contributed by atoms with Gasteiger partial charge in [0.25, 0.3) is 11.7 Å². The number of benzene rings is 2. The molecule has 0 aromatic heterocycles. The minimum absolute atomic E-state index is 0.0848. The highest BCUT2D eigenvalue weighted by molar-refractivity contribution is 6.52. The third-order valence-electron chi connectivity index (χ3n) is 3.97. The van der Waals surface area contributed by atoms with E-state index < -0.39 is 23.7 Å². The standard InChI is InChI=1S/C19H15NO4/c1-12(19(23)24-2)16(13-8-4-3-5-9-13)20-15-11-7-6-10-14(15)17(21)18(20)22/h3-11,16H,1H2,2H3/t16-/m1/s1. The summed E-state index contributed by atoms with van der Waals surface area (Å²) in [5.41, 5.74) is 1.54. The van der Waals surface area contributed by atoms with Crippen LogP contribution in [-0.4, -0.2) is 24.8 Å². The summed E-state index contributed by atoms with van der Waals surface area (Å²) in [4.78, 5) is 38.2. The summed E-state index contributed by atoms with van der Waals surface area (Å²) in [6.07, 6.45) is 0. The number of ether oxygens (including phenoxy) is 1. The molecule has 2 aromatic carbocycles. The summed E-state index contributed by atoms with van der Waals surface area (Å²) in [6.45, 7) is 3.80. The number of Topliss-reactive ketones (excluding diaryl/α,β-unsaturated/α-hetero) is 1. The Morgan fingerprint density at radius 2 is 1.67 bits per heavy atom. The molecule has 5 heteroatoms. The zero-order chi connectivity index (χ0) is 17.3. The van der Waals surface area contributed by atoms with Crippen molar-refractivity contribution in [2.75, 3.05) is 12.0 Å². The number of hydrogen-bond acceptors (Lipinski definition) is 4. The average Bonchev–Trinajstić information content (AvgIpc) is 2.87. The Morgan fingerprint density at radius 3 is 2.33 bits per heavy atom. The van der Waals surface area contributed by atoms with Crippen molar-refractivity contribution >= 4 is 23.3 Å². The number of anilines is 1. The number of nitrogens with zero attached hydrogens (tertiary/aromatic N) is 1. The molecule has 0 saturated heterocycles. The van der Waals surface area contributed by atoms with Gasteiger partial charge in [0.15, 0.2) is 0 Å². The minimum atomic E-state index is -0.807. The molecular formula is C19H15NO4. The predicted molar refractivity (Wildman–Crippen MR) is 88.6 cm³/mol. The van der Waals surface area contributed by atoms with Crippen LogP contribution in [0.1, 0.15) is 22.0 Å². The van der Waals surface area contributed by atoms with E-state index in [-0.39, 0.29) is 5.57 Å². The summed E-state index contributed by atoms with van der Waals surface area (Å²) in [7, 11) is 1.25. The molecule has 0 unspecified atom stereocenters. The third-order valence-corrected chi connectivity index (χ3v) is 3.97. The number of para-hydroxylation sites is 1. The SMILES string of the molecule is C=C(C(=O)OC)[C@H](c1ccccc1)N1C(=O)C(=O)c2ccccc21. The van der Waals surface area contributed by atoms with Gasteiger partial charge in [-0.15, -0.1) is 0 Å². The average molecular weight is 321 g/mol. The number of esters is 1. The third kappa shape index (κ3) is 2.40. The Kier molecular flexibility index (Phi) is 4.00. The first-order chi connectivity index (χ1) is 11.6. The maximum atomic E-state index is 12.6. The highest BCUT2D eigenvalue weighted by atomic mass is 16.5. The van der Waals surface area contributed by atoms with Crippen molar-refractivity contribution in [2.45, 2.75) is 6.04 Å². The van der Waals surface area contributed by atoms with Gasteiger partial charge in [-0.1, -0.05) is 49.0 Å². The predicted octanol–water partition coefficient (Wildman–Crippen LogP) is 2.69. The van der Waals surface area contributed by atoms with Crippen LogP contribution < -0.4 is 4.90 Å². The van der Waals surface area contributed by atoms with Gasteiger partial charge >= 0.3 is 5.97 Å². The Hall–Kier alpha value is -3.21. The van der Waals surface area contributed by atoms with E-state index in [1.54, 1.807) is 48.5 Å². The van der Waals surface area contributed by atoms with Crippen LogP contribution in [0.3, 0.4) is 0 Å². The normalized spacial score (nSPS) is 14.3. The number of fused-ring (bicyclic) bond motifs is 1. The fourth-order valence-electron chi connectivity index (χ4n) is 2.85. The first-order valence-corrected chi connectivity index (χ1v) is 7.35. The quantitative estimate of drug-likeness (QED) is 0.493. The molecule has 1 aliphatic heterocycles. The van der Waals surface area contributed by atoms with Crippen molar-refractivity contribution in [1.29, 1.82) is 0 Å². The van der Waals surface area contributed by atoms with Crippen molar-refractivity contribution < 1.29 is 19.1 Å². The van der Waals surface area contributed by atoms with Gasteiger partial charge in [-0.2, -0.15) is 0 Å². The fourth-order valence-corrected chi connectivity index (χ4v) is 2.85. The first-order valence-electron chi connectivity index (χ1n) is 7.35. The van der Waals surface area contributed by atoms with Gasteiger partial charge in [0.1, 0.15) is 0 Å². The van der Waals surface area contributed by atoms with Crippen LogP contribution in [-0.2, 0) is 14.3 Å². The van der Waals surface area contributed by atoms with E-state index in [0.717, 1.165) is 0 Å². The second-order valence-electron chi connectivity index (χ2n) is 5.35. The molecule has 3 rings (SSSR count). The minimum Gasteiger partial charge on any atom is -0.466 e. The zero-order valence-electron chi connectivity index (χ0n) is 13.1. The lowest BCUT2D eigenvalue weighted by Gasteiger charge is -2.29. The van der Waals surface area contributed by atoms with Crippen LogP contribution in [0.2, 0.25) is 0 Å².